The second kappa shape index (κ2) is 15.9. The molecule has 0 saturated carbocycles. The second-order valence-corrected chi connectivity index (χ2v) is 8.44. The lowest BCUT2D eigenvalue weighted by atomic mass is 10.0. The van der Waals surface area contributed by atoms with Crippen LogP contribution in [0.2, 0.25) is 0 Å². The third-order valence-corrected chi connectivity index (χ3v) is 4.71. The number of carboxylic acids is 1. The Balaban J connectivity index is 3.04. The van der Waals surface area contributed by atoms with Gasteiger partial charge in [0, 0.05) is 5.97 Å². The number of unbranched alkanes of at least 4 members (excludes halogenated alkanes) is 14. The smallest absolute Gasteiger partial charge is 0.0780 e. The number of rotatable bonds is 18. The summed E-state index contributed by atoms with van der Waals surface area (Å²) in [5, 5.41) is 10.3. The van der Waals surface area contributed by atoms with Gasteiger partial charge < -0.3 is 14.4 Å². The van der Waals surface area contributed by atoms with Gasteiger partial charge in [-0.25, -0.2) is 0 Å². The highest BCUT2D eigenvalue weighted by molar-refractivity contribution is 5.63. The molecule has 0 aromatic heterocycles. The SMILES string of the molecule is C[N+](C)(C)CCCCCCCCCCCCCCCCCC(=O)[O-]. The summed E-state index contributed by atoms with van der Waals surface area (Å²) in [6, 6.07) is 0. The second-order valence-electron chi connectivity index (χ2n) is 8.44. The van der Waals surface area contributed by atoms with Crippen LogP contribution < -0.4 is 5.11 Å². The van der Waals surface area contributed by atoms with Crippen LogP contribution in [0.5, 0.6) is 0 Å². The standard InChI is InChI=1S/C21H43NO2/c1-22(2,3)20-18-16-14-12-10-8-6-4-5-7-9-11-13-15-17-19-21(23)24/h4-20H2,1-3H3. The van der Waals surface area contributed by atoms with Crippen molar-refractivity contribution in [3.63, 3.8) is 0 Å². The molecule has 0 rings (SSSR count). The minimum Gasteiger partial charge on any atom is -0.550 e. The van der Waals surface area contributed by atoms with Crippen molar-refractivity contribution in [1.29, 1.82) is 0 Å². The van der Waals surface area contributed by atoms with Crippen LogP contribution in [0, 0.1) is 0 Å². The monoisotopic (exact) mass is 341 g/mol. The van der Waals surface area contributed by atoms with E-state index in [1.165, 1.54) is 90.0 Å². The molecule has 0 aliphatic carbocycles. The molecular weight excluding hydrogens is 298 g/mol. The normalized spacial score (nSPS) is 11.8. The Kier molecular flexibility index (Phi) is 15.6. The molecule has 0 saturated heterocycles. The predicted molar refractivity (Wildman–Crippen MR) is 102 cm³/mol. The molecule has 24 heavy (non-hydrogen) atoms. The van der Waals surface area contributed by atoms with Crippen molar-refractivity contribution in [2.75, 3.05) is 27.7 Å². The van der Waals surface area contributed by atoms with Crippen molar-refractivity contribution in [1.82, 2.24) is 0 Å². The fourth-order valence-electron chi connectivity index (χ4n) is 3.15. The maximum Gasteiger partial charge on any atom is 0.0780 e. The van der Waals surface area contributed by atoms with Crippen molar-refractivity contribution in [2.45, 2.75) is 103 Å². The predicted octanol–water partition coefficient (Wildman–Crippen LogP) is 4.68. The van der Waals surface area contributed by atoms with Crippen molar-refractivity contribution >= 4 is 5.97 Å². The van der Waals surface area contributed by atoms with Crippen molar-refractivity contribution in [3.05, 3.63) is 0 Å². The Bertz CT molecular complexity index is 284. The van der Waals surface area contributed by atoms with E-state index in [-0.39, 0.29) is 6.42 Å². The zero-order chi connectivity index (χ0) is 18.1. The van der Waals surface area contributed by atoms with Crippen LogP contribution in [0.25, 0.3) is 0 Å². The first kappa shape index (κ1) is 23.4. The summed E-state index contributed by atoms with van der Waals surface area (Å²) < 4.78 is 1.10. The highest BCUT2D eigenvalue weighted by atomic mass is 16.4. The van der Waals surface area contributed by atoms with E-state index in [1.54, 1.807) is 0 Å². The number of hydrogen-bond donors (Lipinski definition) is 0. The van der Waals surface area contributed by atoms with E-state index in [4.69, 9.17) is 0 Å². The Morgan fingerprint density at radius 2 is 0.875 bits per heavy atom. The summed E-state index contributed by atoms with van der Waals surface area (Å²) >= 11 is 0. The van der Waals surface area contributed by atoms with Crippen molar-refractivity contribution < 1.29 is 14.4 Å². The molecule has 0 bridgehead atoms. The third-order valence-electron chi connectivity index (χ3n) is 4.71. The lowest BCUT2D eigenvalue weighted by molar-refractivity contribution is -0.870. The molecule has 0 fully saturated rings. The molecule has 0 N–H and O–H groups in total. The molecule has 0 unspecified atom stereocenters. The Labute approximate surface area is 151 Å². The fourth-order valence-corrected chi connectivity index (χ4v) is 3.15. The molecular formula is C21H43NO2. The van der Waals surface area contributed by atoms with E-state index in [0.717, 1.165) is 17.3 Å². The van der Waals surface area contributed by atoms with Crippen molar-refractivity contribution in [3.8, 4) is 0 Å². The average molecular weight is 342 g/mol. The zero-order valence-electron chi connectivity index (χ0n) is 16.8. The molecule has 0 spiro atoms. The van der Waals surface area contributed by atoms with Crippen LogP contribution >= 0.6 is 0 Å². The van der Waals surface area contributed by atoms with Gasteiger partial charge >= 0.3 is 0 Å². The molecule has 0 aromatic rings. The number of carboxylic acid groups (broad SMARTS) is 1. The van der Waals surface area contributed by atoms with E-state index in [2.05, 4.69) is 21.1 Å². The summed E-state index contributed by atoms with van der Waals surface area (Å²) in [7, 11) is 6.82. The van der Waals surface area contributed by atoms with E-state index >= 15 is 0 Å². The molecule has 144 valence electrons. The lowest BCUT2D eigenvalue weighted by Gasteiger charge is -2.23. The zero-order valence-corrected chi connectivity index (χ0v) is 16.8. The fraction of sp³-hybridized carbons (Fsp3) is 0.952. The summed E-state index contributed by atoms with van der Waals surface area (Å²) in [6.07, 6.45) is 19.8. The van der Waals surface area contributed by atoms with Gasteiger partial charge in [0.2, 0.25) is 0 Å². The van der Waals surface area contributed by atoms with Gasteiger partial charge in [0.1, 0.15) is 0 Å². The number of hydrogen-bond acceptors (Lipinski definition) is 2. The third kappa shape index (κ3) is 21.4. The van der Waals surface area contributed by atoms with Gasteiger partial charge in [-0.3, -0.25) is 0 Å². The Hall–Kier alpha value is -0.570. The Morgan fingerprint density at radius 3 is 1.17 bits per heavy atom. The topological polar surface area (TPSA) is 40.1 Å². The first-order valence-corrected chi connectivity index (χ1v) is 10.4. The van der Waals surface area contributed by atoms with E-state index < -0.39 is 5.97 Å². The molecule has 0 aromatic carbocycles. The quantitative estimate of drug-likeness (QED) is 0.268. The van der Waals surface area contributed by atoms with Gasteiger partial charge in [-0.2, -0.15) is 0 Å². The summed E-state index contributed by atoms with van der Waals surface area (Å²) in [5.74, 6) is -0.904. The minimum absolute atomic E-state index is 0.232. The summed E-state index contributed by atoms with van der Waals surface area (Å²) in [4.78, 5) is 10.3. The van der Waals surface area contributed by atoms with Gasteiger partial charge in [-0.15, -0.1) is 0 Å². The molecule has 0 aliphatic heterocycles. The Morgan fingerprint density at radius 1 is 0.583 bits per heavy atom. The molecule has 0 radical (unpaired) electrons. The largest absolute Gasteiger partial charge is 0.550 e. The maximum absolute atomic E-state index is 10.3. The van der Waals surface area contributed by atoms with E-state index in [1.807, 2.05) is 0 Å². The van der Waals surface area contributed by atoms with Crippen LogP contribution in [-0.2, 0) is 4.79 Å². The van der Waals surface area contributed by atoms with Crippen LogP contribution in [0.3, 0.4) is 0 Å². The summed E-state index contributed by atoms with van der Waals surface area (Å²) in [6.45, 7) is 1.30. The molecule has 0 amide bonds. The minimum atomic E-state index is -0.904. The number of nitrogens with zero attached hydrogens (tertiary/aromatic N) is 1. The van der Waals surface area contributed by atoms with Gasteiger partial charge in [0.25, 0.3) is 0 Å². The van der Waals surface area contributed by atoms with Gasteiger partial charge in [-0.05, 0) is 25.7 Å². The van der Waals surface area contributed by atoms with Crippen molar-refractivity contribution in [2.24, 2.45) is 0 Å². The van der Waals surface area contributed by atoms with E-state index in [0.29, 0.717) is 0 Å². The molecule has 0 aliphatic rings. The van der Waals surface area contributed by atoms with Gasteiger partial charge in [-0.1, -0.05) is 77.0 Å². The first-order valence-electron chi connectivity index (χ1n) is 10.4. The number of carbonyl (C=O) groups is 1. The number of carbonyl (C=O) groups excluding carboxylic acids is 1. The molecule has 0 heterocycles. The maximum atomic E-state index is 10.3. The summed E-state index contributed by atoms with van der Waals surface area (Å²) in [5.41, 5.74) is 0. The molecule has 3 heteroatoms. The molecule has 0 atom stereocenters. The van der Waals surface area contributed by atoms with Crippen LogP contribution in [0.15, 0.2) is 0 Å². The van der Waals surface area contributed by atoms with E-state index in [9.17, 15) is 9.90 Å². The molecule has 3 nitrogen and oxygen atoms in total. The van der Waals surface area contributed by atoms with Crippen LogP contribution in [0.1, 0.15) is 103 Å². The van der Waals surface area contributed by atoms with Crippen LogP contribution in [0.4, 0.5) is 0 Å². The highest BCUT2D eigenvalue weighted by Gasteiger charge is 2.04. The first-order chi connectivity index (χ1) is 11.4. The lowest BCUT2D eigenvalue weighted by Crippen LogP contribution is -2.35. The van der Waals surface area contributed by atoms with Crippen LogP contribution in [-0.4, -0.2) is 38.1 Å². The average Bonchev–Trinajstić information content (AvgIpc) is 2.49. The van der Waals surface area contributed by atoms with Gasteiger partial charge in [0.05, 0.1) is 27.7 Å². The number of quaternary nitrogens is 1. The number of aliphatic carboxylic acids is 1. The van der Waals surface area contributed by atoms with Gasteiger partial charge in [0.15, 0.2) is 0 Å². The highest BCUT2D eigenvalue weighted by Crippen LogP contribution is 2.13.